The molecule has 1 aromatic carbocycles. The van der Waals surface area contributed by atoms with Gasteiger partial charge in [-0.15, -0.1) is 0 Å². The fourth-order valence-electron chi connectivity index (χ4n) is 5.59. The first-order valence-electron chi connectivity index (χ1n) is 14.1. The summed E-state index contributed by atoms with van der Waals surface area (Å²) in [4.78, 5) is 42.3. The predicted molar refractivity (Wildman–Crippen MR) is 156 cm³/mol. The molecule has 3 aromatic rings. The van der Waals surface area contributed by atoms with E-state index >= 15 is 0 Å². The van der Waals surface area contributed by atoms with Crippen molar-refractivity contribution >= 4 is 35.0 Å². The van der Waals surface area contributed by atoms with Gasteiger partial charge in [0.15, 0.2) is 11.3 Å². The van der Waals surface area contributed by atoms with E-state index in [2.05, 4.69) is 15.7 Å². The van der Waals surface area contributed by atoms with E-state index in [1.54, 1.807) is 15.9 Å². The molecule has 12 nitrogen and oxygen atoms in total. The number of piperidine rings is 1. The number of benzene rings is 1. The molecule has 0 bridgehead atoms. The van der Waals surface area contributed by atoms with Crippen LogP contribution in [-0.2, 0) is 24.6 Å². The zero-order valence-corrected chi connectivity index (χ0v) is 25.0. The van der Waals surface area contributed by atoms with Crippen LogP contribution in [0.15, 0.2) is 36.5 Å². The molecule has 2 aliphatic rings. The van der Waals surface area contributed by atoms with Crippen LogP contribution in [-0.4, -0.2) is 91.8 Å². The Morgan fingerprint density at radius 3 is 2.49 bits per heavy atom. The molecule has 0 aliphatic carbocycles. The second-order valence-electron chi connectivity index (χ2n) is 11.0. The molecule has 1 unspecified atom stereocenters. The van der Waals surface area contributed by atoms with Crippen LogP contribution >= 0.6 is 11.6 Å². The number of β-amino-alcohol motifs (C(OH)–C–C–N with tert-alkyl or cyclic N) is 1. The first-order valence-corrected chi connectivity index (χ1v) is 14.5. The lowest BCUT2D eigenvalue weighted by molar-refractivity contribution is -0.154. The van der Waals surface area contributed by atoms with Crippen LogP contribution in [0.3, 0.4) is 0 Å². The van der Waals surface area contributed by atoms with Crippen molar-refractivity contribution in [2.24, 2.45) is 7.05 Å². The van der Waals surface area contributed by atoms with Gasteiger partial charge in [0, 0.05) is 57.2 Å². The number of aliphatic hydroxyl groups is 1. The van der Waals surface area contributed by atoms with Crippen LogP contribution in [0.2, 0.25) is 5.02 Å². The number of nitrogens with zero attached hydrogens (tertiary/aromatic N) is 6. The third-order valence-electron chi connectivity index (χ3n) is 7.96. The molecular weight excluding hydrogens is 617 g/mol. The van der Waals surface area contributed by atoms with Crippen LogP contribution in [0.1, 0.15) is 39.4 Å². The Labute approximate surface area is 260 Å². The van der Waals surface area contributed by atoms with Gasteiger partial charge >= 0.3 is 6.18 Å². The fraction of sp³-hybridized carbons (Fsp3) is 0.414. The molecule has 0 spiro atoms. The Bertz CT molecular complexity index is 1660. The van der Waals surface area contributed by atoms with Crippen molar-refractivity contribution < 1.29 is 32.7 Å². The standard InChI is InChI=1S/C29H30ClF3N8O4/c1-38-22(20-16-41(10-8-34)37-24(20)29(31,32)33)5-6-23(38)25(42)36-18-3-4-19(21(30)15-18)26(43)39-11-13-40(14-12-39)27(44)28(45)7-2-9-35-17-28/h3-6,15-16,35,45H,2,7,9-14,17H2,1H3,(H,36,42). The summed E-state index contributed by atoms with van der Waals surface area (Å²) >= 11 is 6.43. The molecule has 0 saturated carbocycles. The lowest BCUT2D eigenvalue weighted by atomic mass is 9.92. The monoisotopic (exact) mass is 646 g/mol. The molecule has 3 amide bonds. The minimum absolute atomic E-state index is 0.0449. The minimum atomic E-state index is -4.78. The number of amides is 3. The van der Waals surface area contributed by atoms with Gasteiger partial charge in [0.2, 0.25) is 0 Å². The molecular formula is C29H30ClF3N8O4. The van der Waals surface area contributed by atoms with Gasteiger partial charge < -0.3 is 30.1 Å². The summed E-state index contributed by atoms with van der Waals surface area (Å²) in [5.41, 5.74) is -2.33. The van der Waals surface area contributed by atoms with Crippen molar-refractivity contribution in [1.82, 2.24) is 29.5 Å². The summed E-state index contributed by atoms with van der Waals surface area (Å²) in [6.45, 7) is 1.61. The zero-order valence-electron chi connectivity index (χ0n) is 24.2. The number of halogens is 4. The maximum absolute atomic E-state index is 13.6. The largest absolute Gasteiger partial charge is 0.435 e. The van der Waals surface area contributed by atoms with Crippen molar-refractivity contribution in [3.05, 3.63) is 58.5 Å². The predicted octanol–water partition coefficient (Wildman–Crippen LogP) is 2.74. The molecule has 16 heteroatoms. The zero-order chi connectivity index (χ0) is 32.5. The third kappa shape index (κ3) is 6.53. The highest BCUT2D eigenvalue weighted by atomic mass is 35.5. The molecule has 1 atom stereocenters. The van der Waals surface area contributed by atoms with E-state index in [1.807, 2.05) is 0 Å². The Morgan fingerprint density at radius 2 is 1.87 bits per heavy atom. The molecule has 2 fully saturated rings. The third-order valence-corrected chi connectivity index (χ3v) is 8.28. The van der Waals surface area contributed by atoms with Crippen molar-refractivity contribution in [3.8, 4) is 17.3 Å². The van der Waals surface area contributed by atoms with Crippen molar-refractivity contribution in [2.75, 3.05) is 44.6 Å². The van der Waals surface area contributed by atoms with Crippen molar-refractivity contribution in [2.45, 2.75) is 31.2 Å². The number of piperazine rings is 1. The van der Waals surface area contributed by atoms with Gasteiger partial charge in [-0.25, -0.2) is 0 Å². The maximum Gasteiger partial charge on any atom is 0.435 e. The van der Waals surface area contributed by atoms with E-state index in [-0.39, 0.29) is 84.3 Å². The average molecular weight is 647 g/mol. The number of carbonyl (C=O) groups is 3. The van der Waals surface area contributed by atoms with E-state index in [9.17, 15) is 32.7 Å². The van der Waals surface area contributed by atoms with E-state index in [0.29, 0.717) is 12.8 Å². The van der Waals surface area contributed by atoms with E-state index in [0.717, 1.165) is 17.4 Å². The molecule has 2 aliphatic heterocycles. The van der Waals surface area contributed by atoms with E-state index < -0.39 is 23.4 Å². The highest BCUT2D eigenvalue weighted by Crippen LogP contribution is 2.36. The molecule has 45 heavy (non-hydrogen) atoms. The lowest BCUT2D eigenvalue weighted by Gasteiger charge is -2.40. The molecule has 0 radical (unpaired) electrons. The van der Waals surface area contributed by atoms with Gasteiger partial charge in [0.1, 0.15) is 12.2 Å². The summed E-state index contributed by atoms with van der Waals surface area (Å²) in [6.07, 6.45) is -2.59. The molecule has 2 aromatic heterocycles. The van der Waals surface area contributed by atoms with Gasteiger partial charge in [-0.2, -0.15) is 23.5 Å². The van der Waals surface area contributed by atoms with Gasteiger partial charge in [-0.05, 0) is 49.7 Å². The molecule has 2 saturated heterocycles. The fourth-order valence-corrected chi connectivity index (χ4v) is 5.85. The van der Waals surface area contributed by atoms with Crippen molar-refractivity contribution in [3.63, 3.8) is 0 Å². The van der Waals surface area contributed by atoms with Gasteiger partial charge in [-0.3, -0.25) is 19.1 Å². The number of carbonyl (C=O) groups excluding carboxylic acids is 3. The van der Waals surface area contributed by atoms with Gasteiger partial charge in [-0.1, -0.05) is 11.6 Å². The quantitative estimate of drug-likeness (QED) is 0.373. The number of nitriles is 1. The first-order chi connectivity index (χ1) is 21.3. The highest BCUT2D eigenvalue weighted by molar-refractivity contribution is 6.34. The van der Waals surface area contributed by atoms with Crippen LogP contribution < -0.4 is 10.6 Å². The SMILES string of the molecule is Cn1c(C(=O)Nc2ccc(C(=O)N3CCN(C(=O)C4(O)CCCNC4)CC3)c(Cl)c2)ccc1-c1cn(CC#N)nc1C(F)(F)F. The topological polar surface area (TPSA) is 149 Å². The molecule has 238 valence electrons. The summed E-state index contributed by atoms with van der Waals surface area (Å²) in [7, 11) is 1.43. The number of alkyl halides is 3. The number of hydrogen-bond donors (Lipinski definition) is 3. The van der Waals surface area contributed by atoms with Crippen LogP contribution in [0.25, 0.3) is 11.3 Å². The first kappa shape index (κ1) is 32.0. The van der Waals surface area contributed by atoms with Crippen LogP contribution in [0.4, 0.5) is 18.9 Å². The second-order valence-corrected chi connectivity index (χ2v) is 11.4. The van der Waals surface area contributed by atoms with Gasteiger partial charge in [0.25, 0.3) is 17.7 Å². The van der Waals surface area contributed by atoms with Crippen molar-refractivity contribution in [1.29, 1.82) is 5.26 Å². The van der Waals surface area contributed by atoms with E-state index in [4.69, 9.17) is 16.9 Å². The summed E-state index contributed by atoms with van der Waals surface area (Å²) < 4.78 is 43.1. The highest BCUT2D eigenvalue weighted by Gasteiger charge is 2.41. The number of hydrogen-bond acceptors (Lipinski definition) is 7. The van der Waals surface area contributed by atoms with E-state index in [1.165, 1.54) is 41.9 Å². The summed E-state index contributed by atoms with van der Waals surface area (Å²) in [5.74, 6) is -1.33. The lowest BCUT2D eigenvalue weighted by Crippen LogP contribution is -2.60. The normalized spacial score (nSPS) is 18.9. The Kier molecular flexibility index (Phi) is 8.92. The van der Waals surface area contributed by atoms with Crippen LogP contribution in [0.5, 0.6) is 0 Å². The molecule has 3 N–H and O–H groups in total. The summed E-state index contributed by atoms with van der Waals surface area (Å²) in [5, 5.41) is 28.9. The number of rotatable bonds is 6. The number of anilines is 1. The van der Waals surface area contributed by atoms with Gasteiger partial charge in [0.05, 0.1) is 22.3 Å². The maximum atomic E-state index is 13.6. The Balaban J connectivity index is 1.24. The Morgan fingerprint density at radius 1 is 1.16 bits per heavy atom. The summed E-state index contributed by atoms with van der Waals surface area (Å²) in [6, 6.07) is 8.81. The molecule has 4 heterocycles. The minimum Gasteiger partial charge on any atom is -0.379 e. The average Bonchev–Trinajstić information content (AvgIpc) is 3.60. The number of aromatic nitrogens is 3. The smallest absolute Gasteiger partial charge is 0.379 e. The molecule has 5 rings (SSSR count). The van der Waals surface area contributed by atoms with Crippen LogP contribution in [0, 0.1) is 11.3 Å². The Hall–Kier alpha value is -4.39. The number of nitrogens with one attached hydrogen (secondary N) is 2. The second kappa shape index (κ2) is 12.5.